The van der Waals surface area contributed by atoms with E-state index in [1.165, 1.54) is 6.92 Å². The van der Waals surface area contributed by atoms with E-state index in [1.807, 2.05) is 0 Å². The van der Waals surface area contributed by atoms with Crippen molar-refractivity contribution in [1.29, 1.82) is 5.53 Å². The highest BCUT2D eigenvalue weighted by Crippen LogP contribution is 2.52. The van der Waals surface area contributed by atoms with Gasteiger partial charge in [-0.1, -0.05) is 38.8 Å². The van der Waals surface area contributed by atoms with Gasteiger partial charge >= 0.3 is 18.1 Å². The molecule has 33 heteroatoms. The Morgan fingerprint density at radius 1 is 0.570 bits per heavy atom. The highest BCUT2D eigenvalue weighted by molar-refractivity contribution is 5.99. The molecule has 1 saturated carbocycles. The molecule has 1 aromatic carbocycles. The number of esters is 1. The first-order chi connectivity index (χ1) is 51.6. The van der Waals surface area contributed by atoms with Crippen LogP contribution in [0.1, 0.15) is 129 Å². The number of alkyl carbamates (subject to hydrolysis) is 1. The molecule has 9 amide bonds. The number of nitrogens with one attached hydrogen (secondary N) is 10. The molecule has 3 aliphatic carbocycles. The molecular formula is C74H124N13O20+. The van der Waals surface area contributed by atoms with Crippen LogP contribution in [0.25, 0.3) is 0 Å². The number of carbonyl (C=O) groups excluding carboxylic acids is 9. The largest absolute Gasteiger partial charge is 0.461 e. The molecule has 12 N–H and O–H groups in total. The molecule has 0 spiro atoms. The summed E-state index contributed by atoms with van der Waals surface area (Å²) in [6, 6.07) is 2.32. The summed E-state index contributed by atoms with van der Waals surface area (Å²) in [7, 11) is 6.21. The molecule has 0 aromatic heterocycles. The second kappa shape index (κ2) is 55.7. The van der Waals surface area contributed by atoms with E-state index in [-0.39, 0.29) is 84.3 Å². The summed E-state index contributed by atoms with van der Waals surface area (Å²) in [6.07, 6.45) is 8.07. The van der Waals surface area contributed by atoms with Crippen LogP contribution in [0, 0.1) is 41.0 Å². The fraction of sp³-hybridized carbons (Fsp3) is 0.743. The monoisotopic (exact) mass is 1510 g/mol. The third kappa shape index (κ3) is 43.8. The van der Waals surface area contributed by atoms with Crippen molar-refractivity contribution in [2.75, 3.05) is 185 Å². The van der Waals surface area contributed by atoms with Crippen LogP contribution in [0.4, 0.5) is 15.3 Å². The number of urea groups is 1. The third-order valence-corrected chi connectivity index (χ3v) is 17.6. The lowest BCUT2D eigenvalue weighted by molar-refractivity contribution is -0.869. The standard InChI is InChI=1S/C74H123N13O20/c1-54(2)68(72(94)84-63(21-16-30-80-73(75)95)70(92)82-57-25-23-56(24-26-57)51-105-55(3)88)85-71(93)62(83-66(90)28-36-98-40-44-102-48-50-104-46-42-100-38-33-81-74(96)107-52-60-58-17-10-7-8-11-18-59(58)60)20-14-15-29-78-67(91)53-106-64-22-13-9-12-19-61(69(64)86-76)77-32-37-99-41-45-103-49-47-101-43-39-97-35-27-65(89)79-31-34-87(4,5)6/h23-26,54,58-60,62-64,68H,9-22,27-53H2,1-6H3,(H11-,75,76,77,78,79,80,81,82,83,84,85,89,90,91,92,93,94,95,96)/p+1/t58-,59+,60-,62-,63+,64?,68+/m1/s1. The normalized spacial score (nSPS) is 17.8. The Morgan fingerprint density at radius 2 is 1.12 bits per heavy atom. The highest BCUT2D eigenvalue weighted by atomic mass is 16.6. The van der Waals surface area contributed by atoms with Gasteiger partial charge in [0, 0.05) is 70.2 Å². The first-order valence-corrected chi connectivity index (χ1v) is 37.9. The van der Waals surface area contributed by atoms with Gasteiger partial charge in [-0.15, -0.1) is 11.8 Å². The van der Waals surface area contributed by atoms with Crippen molar-refractivity contribution in [2.45, 2.75) is 154 Å². The zero-order chi connectivity index (χ0) is 77.7. The summed E-state index contributed by atoms with van der Waals surface area (Å²) in [5.41, 5.74) is 15.6. The SMILES string of the molecule is CC(=O)OCc1ccc(NC(=O)[C@H](CCCNC(N)=O)NC(=O)[C@@H](NC(=O)[C@@H](CCCCNC(=O)COC2CCCCC/C(NCCOCCOCCOCCOCCC(=O)NCC[N+](C)(C)C)=C\2N=N)NC(=O)CCOCCOCCOCCOCCNC(=O)OC[C@@H]2[C@@H]3CCC#CCC[C@@H]32)C(C)C)cc1. The number of likely N-dealkylation sites (N-methyl/N-ethyl adjacent to an activating group) is 1. The number of quaternary nitrogens is 1. The molecule has 107 heavy (non-hydrogen) atoms. The zero-order valence-electron chi connectivity index (χ0n) is 64.1. The molecular weight excluding hydrogens is 1390 g/mol. The summed E-state index contributed by atoms with van der Waals surface area (Å²) in [5, 5.41) is 29.3. The molecule has 3 aliphatic rings. The van der Waals surface area contributed by atoms with Gasteiger partial charge in [0.15, 0.2) is 0 Å². The van der Waals surface area contributed by atoms with E-state index in [0.717, 1.165) is 61.7 Å². The molecule has 33 nitrogen and oxygen atoms in total. The second-order valence-electron chi connectivity index (χ2n) is 27.7. The number of rotatable bonds is 59. The van der Waals surface area contributed by atoms with Crippen molar-refractivity contribution in [3.05, 3.63) is 41.2 Å². The number of primary amides is 1. The van der Waals surface area contributed by atoms with Crippen molar-refractivity contribution >= 4 is 59.2 Å². The average Bonchev–Trinajstić information content (AvgIpc) is 1.63. The van der Waals surface area contributed by atoms with Crippen molar-refractivity contribution < 1.29 is 99.7 Å². The Labute approximate surface area is 631 Å². The van der Waals surface area contributed by atoms with Crippen LogP contribution in [0.15, 0.2) is 40.8 Å². The van der Waals surface area contributed by atoms with Crippen molar-refractivity contribution in [1.82, 2.24) is 42.5 Å². The van der Waals surface area contributed by atoms with Crippen LogP contribution in [0.2, 0.25) is 0 Å². The Morgan fingerprint density at radius 3 is 1.70 bits per heavy atom. The molecule has 0 aliphatic heterocycles. The molecule has 4 rings (SSSR count). The lowest BCUT2D eigenvalue weighted by atomic mass is 9.99. The molecule has 604 valence electrons. The van der Waals surface area contributed by atoms with Crippen LogP contribution in [-0.4, -0.2) is 262 Å². The summed E-state index contributed by atoms with van der Waals surface area (Å²) in [5.74, 6) is 4.19. The number of nitrogens with zero attached hydrogens (tertiary/aromatic N) is 2. The maximum atomic E-state index is 14.3. The maximum absolute atomic E-state index is 14.3. The fourth-order valence-electron chi connectivity index (χ4n) is 11.6. The number of amides is 9. The van der Waals surface area contributed by atoms with E-state index in [1.54, 1.807) is 38.1 Å². The minimum absolute atomic E-state index is 0.00153. The molecule has 0 radical (unpaired) electrons. The van der Waals surface area contributed by atoms with Crippen molar-refractivity contribution in [3.8, 4) is 11.8 Å². The molecule has 0 heterocycles. The summed E-state index contributed by atoms with van der Waals surface area (Å²) in [4.78, 5) is 116. The quantitative estimate of drug-likeness (QED) is 0.0146. The predicted molar refractivity (Wildman–Crippen MR) is 396 cm³/mol. The van der Waals surface area contributed by atoms with Crippen LogP contribution >= 0.6 is 0 Å². The van der Waals surface area contributed by atoms with Crippen LogP contribution in [0.5, 0.6) is 0 Å². The number of carbonyl (C=O) groups is 9. The summed E-state index contributed by atoms with van der Waals surface area (Å²) >= 11 is 0. The number of anilines is 1. The number of benzene rings is 1. The minimum Gasteiger partial charge on any atom is -0.461 e. The number of hydrogen-bond acceptors (Lipinski definition) is 23. The molecule has 0 saturated heterocycles. The molecule has 1 aromatic rings. The third-order valence-electron chi connectivity index (χ3n) is 17.6. The first-order valence-electron chi connectivity index (χ1n) is 37.9. The van der Waals surface area contributed by atoms with E-state index < -0.39 is 77.8 Å². The van der Waals surface area contributed by atoms with Gasteiger partial charge in [0.1, 0.15) is 43.1 Å². The number of allylic oxidation sites excluding steroid dienone is 1. The van der Waals surface area contributed by atoms with Gasteiger partial charge in [-0.2, -0.15) is 5.11 Å². The number of hydrogen-bond donors (Lipinski definition) is 11. The highest BCUT2D eigenvalue weighted by Gasteiger charge is 2.49. The lowest BCUT2D eigenvalue weighted by Gasteiger charge is -2.27. The van der Waals surface area contributed by atoms with E-state index in [2.05, 4.69) is 85.9 Å². The topological polar surface area (TPSA) is 426 Å². The molecule has 1 fully saturated rings. The lowest BCUT2D eigenvalue weighted by Crippen LogP contribution is -2.57. The van der Waals surface area contributed by atoms with Gasteiger partial charge in [0.25, 0.3) is 0 Å². The predicted octanol–water partition coefficient (Wildman–Crippen LogP) is 3.62. The van der Waals surface area contributed by atoms with E-state index in [0.29, 0.717) is 172 Å². The minimum atomic E-state index is -1.19. The van der Waals surface area contributed by atoms with Gasteiger partial charge in [-0.3, -0.25) is 33.6 Å². The Kier molecular flexibility index (Phi) is 47.8. The Balaban J connectivity index is 1.21. The summed E-state index contributed by atoms with van der Waals surface area (Å²) in [6.45, 7) is 12.4. The molecule has 7 atom stereocenters. The average molecular weight is 1520 g/mol. The Bertz CT molecular complexity index is 2880. The summed E-state index contributed by atoms with van der Waals surface area (Å²) < 4.78 is 62.3. The molecule has 1 unspecified atom stereocenters. The van der Waals surface area contributed by atoms with Gasteiger partial charge in [-0.05, 0) is 106 Å². The van der Waals surface area contributed by atoms with Crippen molar-refractivity contribution in [3.63, 3.8) is 0 Å². The Hall–Kier alpha value is -7.65. The van der Waals surface area contributed by atoms with Gasteiger partial charge in [0.2, 0.25) is 35.4 Å². The molecule has 0 bridgehead atoms. The van der Waals surface area contributed by atoms with E-state index in [9.17, 15) is 43.2 Å². The van der Waals surface area contributed by atoms with Gasteiger partial charge in [0.05, 0.1) is 147 Å². The first kappa shape index (κ1) is 91.7. The van der Waals surface area contributed by atoms with E-state index in [4.69, 9.17) is 63.4 Å². The number of unbranched alkanes of at least 4 members (excludes halogenated alkanes) is 1. The number of fused-ring (bicyclic) bond motifs is 1. The maximum Gasteiger partial charge on any atom is 0.407 e. The van der Waals surface area contributed by atoms with Crippen molar-refractivity contribution in [2.24, 2.45) is 34.5 Å². The van der Waals surface area contributed by atoms with Crippen LogP contribution in [0.3, 0.4) is 0 Å². The smallest absolute Gasteiger partial charge is 0.407 e. The fourth-order valence-corrected chi connectivity index (χ4v) is 11.6. The van der Waals surface area contributed by atoms with Gasteiger partial charge in [-0.25, -0.2) is 15.1 Å². The van der Waals surface area contributed by atoms with Crippen LogP contribution in [-0.2, 0) is 92.3 Å². The number of nitrogens with two attached hydrogens (primary N) is 1. The zero-order valence-corrected chi connectivity index (χ0v) is 64.1. The van der Waals surface area contributed by atoms with Gasteiger partial charge < -0.3 is 110 Å². The van der Waals surface area contributed by atoms with E-state index >= 15 is 0 Å². The second-order valence-corrected chi connectivity index (χ2v) is 27.7. The number of ether oxygens (including phenoxy) is 11. The van der Waals surface area contributed by atoms with Crippen LogP contribution < -0.4 is 53.6 Å².